The Balaban J connectivity index is 1.43. The first-order valence-electron chi connectivity index (χ1n) is 8.61. The highest BCUT2D eigenvalue weighted by atomic mass is 19.1. The minimum absolute atomic E-state index is 0.0377. The van der Waals surface area contributed by atoms with E-state index >= 15 is 0 Å². The SMILES string of the molecule is O=C(NCc1ccco1)[C@@H]1CN(Cc2ccccc2F)[C@@H]2CCO[C@H]21. The Labute approximate surface area is 145 Å². The predicted molar refractivity (Wildman–Crippen MR) is 89.0 cm³/mol. The number of likely N-dealkylation sites (tertiary alicyclic amines) is 1. The summed E-state index contributed by atoms with van der Waals surface area (Å²) in [5, 5.41) is 2.92. The van der Waals surface area contributed by atoms with Crippen LogP contribution in [0.15, 0.2) is 47.1 Å². The molecule has 0 unspecified atom stereocenters. The van der Waals surface area contributed by atoms with Crippen LogP contribution < -0.4 is 5.32 Å². The largest absolute Gasteiger partial charge is 0.467 e. The molecule has 0 saturated carbocycles. The molecule has 2 aliphatic rings. The van der Waals surface area contributed by atoms with Crippen molar-refractivity contribution in [1.29, 1.82) is 0 Å². The summed E-state index contributed by atoms with van der Waals surface area (Å²) in [4.78, 5) is 14.8. The van der Waals surface area contributed by atoms with Crippen molar-refractivity contribution in [2.24, 2.45) is 5.92 Å². The number of nitrogens with zero attached hydrogens (tertiary/aromatic N) is 1. The number of halogens is 1. The summed E-state index contributed by atoms with van der Waals surface area (Å²) in [6.07, 6.45) is 2.34. The molecular formula is C19H21FN2O3. The fourth-order valence-electron chi connectivity index (χ4n) is 3.84. The van der Waals surface area contributed by atoms with Crippen molar-refractivity contribution in [3.05, 3.63) is 59.8 Å². The number of fused-ring (bicyclic) bond motifs is 1. The molecule has 5 nitrogen and oxygen atoms in total. The summed E-state index contributed by atoms with van der Waals surface area (Å²) in [6, 6.07) is 10.6. The minimum atomic E-state index is -0.241. The molecule has 1 aromatic carbocycles. The van der Waals surface area contributed by atoms with Gasteiger partial charge in [-0.2, -0.15) is 0 Å². The molecule has 0 bridgehead atoms. The number of nitrogens with one attached hydrogen (secondary N) is 1. The third-order valence-electron chi connectivity index (χ3n) is 5.08. The second kappa shape index (κ2) is 6.98. The second-order valence-corrected chi connectivity index (χ2v) is 6.62. The number of rotatable bonds is 5. The average Bonchev–Trinajstić information content (AvgIpc) is 3.33. The Kier molecular flexibility index (Phi) is 4.55. The van der Waals surface area contributed by atoms with Crippen molar-refractivity contribution in [3.63, 3.8) is 0 Å². The molecule has 1 aromatic heterocycles. The number of carbonyl (C=O) groups is 1. The van der Waals surface area contributed by atoms with Gasteiger partial charge in [-0.3, -0.25) is 9.69 Å². The number of furan rings is 1. The molecule has 0 aliphatic carbocycles. The Bertz CT molecular complexity index is 734. The van der Waals surface area contributed by atoms with E-state index in [9.17, 15) is 9.18 Å². The first-order valence-corrected chi connectivity index (χ1v) is 8.61. The van der Waals surface area contributed by atoms with Gasteiger partial charge in [0.05, 0.1) is 24.8 Å². The molecule has 25 heavy (non-hydrogen) atoms. The molecule has 3 atom stereocenters. The van der Waals surface area contributed by atoms with Crippen molar-refractivity contribution in [3.8, 4) is 0 Å². The van der Waals surface area contributed by atoms with Gasteiger partial charge in [0.15, 0.2) is 0 Å². The van der Waals surface area contributed by atoms with Gasteiger partial charge in [-0.15, -0.1) is 0 Å². The Morgan fingerprint density at radius 3 is 2.96 bits per heavy atom. The van der Waals surface area contributed by atoms with E-state index < -0.39 is 0 Å². The first kappa shape index (κ1) is 16.3. The van der Waals surface area contributed by atoms with E-state index in [-0.39, 0.29) is 29.8 Å². The van der Waals surface area contributed by atoms with Crippen LogP contribution in [0, 0.1) is 11.7 Å². The molecule has 3 heterocycles. The fraction of sp³-hybridized carbons (Fsp3) is 0.421. The lowest BCUT2D eigenvalue weighted by atomic mass is 10.0. The van der Waals surface area contributed by atoms with Crippen molar-refractivity contribution in [2.75, 3.05) is 13.2 Å². The van der Waals surface area contributed by atoms with Gasteiger partial charge in [0, 0.05) is 31.3 Å². The zero-order valence-electron chi connectivity index (χ0n) is 13.9. The number of hydrogen-bond acceptors (Lipinski definition) is 4. The van der Waals surface area contributed by atoms with E-state index in [1.807, 2.05) is 12.1 Å². The van der Waals surface area contributed by atoms with E-state index in [1.54, 1.807) is 24.5 Å². The fourth-order valence-corrected chi connectivity index (χ4v) is 3.84. The van der Waals surface area contributed by atoms with Crippen LogP contribution >= 0.6 is 0 Å². The van der Waals surface area contributed by atoms with Gasteiger partial charge >= 0.3 is 0 Å². The number of ether oxygens (including phenoxy) is 1. The molecule has 6 heteroatoms. The molecule has 2 fully saturated rings. The van der Waals surface area contributed by atoms with Crippen LogP contribution in [0.3, 0.4) is 0 Å². The summed E-state index contributed by atoms with van der Waals surface area (Å²) < 4.78 is 25.0. The monoisotopic (exact) mass is 344 g/mol. The van der Waals surface area contributed by atoms with Crippen LogP contribution in [0.2, 0.25) is 0 Å². The molecule has 4 rings (SSSR count). The van der Waals surface area contributed by atoms with Gasteiger partial charge in [0.25, 0.3) is 0 Å². The zero-order chi connectivity index (χ0) is 17.2. The first-order chi connectivity index (χ1) is 12.2. The maximum absolute atomic E-state index is 14.0. The lowest BCUT2D eigenvalue weighted by molar-refractivity contribution is -0.127. The standard InChI is InChI=1S/C19H21FN2O3/c20-16-6-2-1-4-13(16)11-22-12-15(18-17(22)7-9-25-18)19(23)21-10-14-5-3-8-24-14/h1-6,8,15,17-18H,7,9-12H2,(H,21,23)/t15-,17-,18+/m1/s1. The van der Waals surface area contributed by atoms with Crippen LogP contribution in [0.25, 0.3) is 0 Å². The third kappa shape index (κ3) is 3.32. The van der Waals surface area contributed by atoms with E-state index in [2.05, 4.69) is 10.2 Å². The molecule has 2 aromatic rings. The second-order valence-electron chi connectivity index (χ2n) is 6.62. The van der Waals surface area contributed by atoms with Gasteiger partial charge in [0.1, 0.15) is 11.6 Å². The highest BCUT2D eigenvalue weighted by Gasteiger charge is 2.48. The van der Waals surface area contributed by atoms with Crippen molar-refractivity contribution in [2.45, 2.75) is 31.7 Å². The third-order valence-corrected chi connectivity index (χ3v) is 5.08. The van der Waals surface area contributed by atoms with Crippen LogP contribution in [0.4, 0.5) is 4.39 Å². The average molecular weight is 344 g/mol. The maximum Gasteiger partial charge on any atom is 0.227 e. The molecule has 1 amide bonds. The number of amides is 1. The minimum Gasteiger partial charge on any atom is -0.467 e. The zero-order valence-corrected chi connectivity index (χ0v) is 13.9. The Morgan fingerprint density at radius 1 is 1.28 bits per heavy atom. The number of hydrogen-bond donors (Lipinski definition) is 1. The van der Waals surface area contributed by atoms with Crippen molar-refractivity contribution in [1.82, 2.24) is 10.2 Å². The van der Waals surface area contributed by atoms with Gasteiger partial charge in [0.2, 0.25) is 5.91 Å². The summed E-state index contributed by atoms with van der Waals surface area (Å²) in [5.41, 5.74) is 0.657. The Hall–Kier alpha value is -2.18. The predicted octanol–water partition coefficient (Wildman–Crippen LogP) is 2.32. The molecule has 2 aliphatic heterocycles. The van der Waals surface area contributed by atoms with E-state index in [1.165, 1.54) is 6.07 Å². The van der Waals surface area contributed by atoms with E-state index in [0.717, 1.165) is 12.2 Å². The summed E-state index contributed by atoms with van der Waals surface area (Å²) in [5.74, 6) is 0.237. The van der Waals surface area contributed by atoms with E-state index in [0.29, 0.717) is 31.8 Å². The van der Waals surface area contributed by atoms with Gasteiger partial charge in [-0.25, -0.2) is 4.39 Å². The summed E-state index contributed by atoms with van der Waals surface area (Å²) in [6.45, 7) is 2.09. The number of benzene rings is 1. The highest BCUT2D eigenvalue weighted by Crippen LogP contribution is 2.34. The van der Waals surface area contributed by atoms with E-state index in [4.69, 9.17) is 9.15 Å². The smallest absolute Gasteiger partial charge is 0.227 e. The molecular weight excluding hydrogens is 323 g/mol. The maximum atomic E-state index is 14.0. The molecule has 0 spiro atoms. The molecule has 1 N–H and O–H groups in total. The van der Waals surface area contributed by atoms with Gasteiger partial charge < -0.3 is 14.5 Å². The van der Waals surface area contributed by atoms with Gasteiger partial charge in [-0.1, -0.05) is 18.2 Å². The van der Waals surface area contributed by atoms with Crippen LogP contribution in [0.5, 0.6) is 0 Å². The van der Waals surface area contributed by atoms with Crippen LogP contribution in [-0.4, -0.2) is 36.1 Å². The van der Waals surface area contributed by atoms with Crippen molar-refractivity contribution < 1.29 is 18.3 Å². The molecule has 0 radical (unpaired) electrons. The normalized spacial score (nSPS) is 25.9. The molecule has 2 saturated heterocycles. The topological polar surface area (TPSA) is 54.7 Å². The van der Waals surface area contributed by atoms with Crippen LogP contribution in [-0.2, 0) is 22.6 Å². The molecule has 132 valence electrons. The van der Waals surface area contributed by atoms with Crippen molar-refractivity contribution >= 4 is 5.91 Å². The highest BCUT2D eigenvalue weighted by molar-refractivity contribution is 5.80. The Morgan fingerprint density at radius 2 is 2.16 bits per heavy atom. The lowest BCUT2D eigenvalue weighted by Gasteiger charge is -2.22. The summed E-state index contributed by atoms with van der Waals surface area (Å²) >= 11 is 0. The van der Waals surface area contributed by atoms with Gasteiger partial charge in [-0.05, 0) is 24.6 Å². The summed E-state index contributed by atoms with van der Waals surface area (Å²) in [7, 11) is 0. The number of carbonyl (C=O) groups excluding carboxylic acids is 1. The lowest BCUT2D eigenvalue weighted by Crippen LogP contribution is -2.37. The van der Waals surface area contributed by atoms with Crippen LogP contribution in [0.1, 0.15) is 17.7 Å². The quantitative estimate of drug-likeness (QED) is 0.904.